The average molecular weight is 425 g/mol. The lowest BCUT2D eigenvalue weighted by atomic mass is 10.0. The van der Waals surface area contributed by atoms with Crippen molar-refractivity contribution in [2.75, 3.05) is 49.6 Å². The van der Waals surface area contributed by atoms with Crippen LogP contribution in [0.25, 0.3) is 11.5 Å². The van der Waals surface area contributed by atoms with Gasteiger partial charge in [0, 0.05) is 55.6 Å². The standard InChI is InChI=1S/C22H28N6O3/c1-22(4-5-22)11-19(29)27-6-8-28(9-7-27)21-25-20(31-26-21)15-2-3-16(12-23)18(10-15)24-17-13-30-14-17/h2-3,10,12,17,23-24H,4-9,11,13-14H2,1H3. The predicted molar refractivity (Wildman–Crippen MR) is 117 cm³/mol. The van der Waals surface area contributed by atoms with Gasteiger partial charge < -0.3 is 29.8 Å². The van der Waals surface area contributed by atoms with E-state index in [2.05, 4.69) is 27.3 Å². The molecule has 3 heterocycles. The highest BCUT2D eigenvalue weighted by atomic mass is 16.5. The molecule has 1 aromatic carbocycles. The van der Waals surface area contributed by atoms with Crippen LogP contribution in [0, 0.1) is 10.8 Å². The Morgan fingerprint density at radius 3 is 2.71 bits per heavy atom. The maximum atomic E-state index is 12.5. The summed E-state index contributed by atoms with van der Waals surface area (Å²) in [6.45, 7) is 6.29. The van der Waals surface area contributed by atoms with E-state index in [-0.39, 0.29) is 17.4 Å². The SMILES string of the molecule is CC1(CC(=O)N2CCN(c3noc(-c4ccc(C=N)c(NC5COC5)c4)n3)CC2)CC1. The van der Waals surface area contributed by atoms with Crippen LogP contribution in [0.5, 0.6) is 0 Å². The van der Waals surface area contributed by atoms with E-state index in [1.807, 2.05) is 23.1 Å². The fraction of sp³-hybridized carbons (Fsp3) is 0.545. The van der Waals surface area contributed by atoms with Gasteiger partial charge in [0.15, 0.2) is 0 Å². The van der Waals surface area contributed by atoms with E-state index in [1.165, 1.54) is 6.21 Å². The first kappa shape index (κ1) is 20.0. The Balaban J connectivity index is 1.23. The van der Waals surface area contributed by atoms with Gasteiger partial charge in [-0.05, 0) is 35.5 Å². The van der Waals surface area contributed by atoms with Gasteiger partial charge in [0.25, 0.3) is 11.8 Å². The summed E-state index contributed by atoms with van der Waals surface area (Å²) in [5.41, 5.74) is 2.70. The molecule has 1 saturated carbocycles. The van der Waals surface area contributed by atoms with Crippen molar-refractivity contribution in [2.24, 2.45) is 5.41 Å². The first-order valence-corrected chi connectivity index (χ1v) is 10.9. The molecule has 1 aliphatic carbocycles. The predicted octanol–water partition coefficient (Wildman–Crippen LogP) is 2.38. The van der Waals surface area contributed by atoms with Gasteiger partial charge in [0.1, 0.15) is 0 Å². The Hall–Kier alpha value is -2.94. The molecule has 2 aromatic rings. The summed E-state index contributed by atoms with van der Waals surface area (Å²) in [7, 11) is 0. The summed E-state index contributed by atoms with van der Waals surface area (Å²) in [5.74, 6) is 1.26. The number of nitrogens with zero attached hydrogens (tertiary/aromatic N) is 4. The molecule has 2 saturated heterocycles. The topological polar surface area (TPSA) is 108 Å². The summed E-state index contributed by atoms with van der Waals surface area (Å²) in [6.07, 6.45) is 4.32. The summed E-state index contributed by atoms with van der Waals surface area (Å²) in [5, 5.41) is 15.2. The highest BCUT2D eigenvalue weighted by Gasteiger charge is 2.40. The number of carbonyl (C=O) groups excluding carboxylic acids is 1. The molecule has 0 bridgehead atoms. The Labute approximate surface area is 181 Å². The van der Waals surface area contributed by atoms with E-state index < -0.39 is 0 Å². The van der Waals surface area contributed by atoms with Crippen LogP contribution in [-0.2, 0) is 9.53 Å². The van der Waals surface area contributed by atoms with E-state index >= 15 is 0 Å². The largest absolute Gasteiger partial charge is 0.377 e. The van der Waals surface area contributed by atoms with E-state index in [9.17, 15) is 4.79 Å². The summed E-state index contributed by atoms with van der Waals surface area (Å²) >= 11 is 0. The highest BCUT2D eigenvalue weighted by molar-refractivity contribution is 5.87. The number of hydrogen-bond donors (Lipinski definition) is 2. The lowest BCUT2D eigenvalue weighted by molar-refractivity contribution is -0.132. The Bertz CT molecular complexity index is 973. The number of piperazine rings is 1. The van der Waals surface area contributed by atoms with Gasteiger partial charge >= 0.3 is 0 Å². The first-order chi connectivity index (χ1) is 15.0. The monoisotopic (exact) mass is 424 g/mol. The van der Waals surface area contributed by atoms with Crippen molar-refractivity contribution >= 4 is 23.8 Å². The van der Waals surface area contributed by atoms with Crippen LogP contribution in [0.15, 0.2) is 22.7 Å². The molecule has 5 rings (SSSR count). The third-order valence-corrected chi connectivity index (χ3v) is 6.47. The van der Waals surface area contributed by atoms with Crippen molar-refractivity contribution in [1.82, 2.24) is 15.0 Å². The quantitative estimate of drug-likeness (QED) is 0.657. The molecule has 3 fully saturated rings. The van der Waals surface area contributed by atoms with Gasteiger partial charge in [-0.3, -0.25) is 4.79 Å². The number of carbonyl (C=O) groups is 1. The van der Waals surface area contributed by atoms with E-state index in [0.717, 1.165) is 29.7 Å². The van der Waals surface area contributed by atoms with Crippen LogP contribution in [0.2, 0.25) is 0 Å². The second kappa shape index (κ2) is 7.96. The minimum absolute atomic E-state index is 0.240. The van der Waals surface area contributed by atoms with Crippen LogP contribution in [0.4, 0.5) is 11.6 Å². The Morgan fingerprint density at radius 1 is 1.29 bits per heavy atom. The highest BCUT2D eigenvalue weighted by Crippen LogP contribution is 2.48. The fourth-order valence-electron chi connectivity index (χ4n) is 3.96. The number of anilines is 2. The molecule has 0 unspecified atom stereocenters. The third-order valence-electron chi connectivity index (χ3n) is 6.47. The third kappa shape index (κ3) is 4.27. The van der Waals surface area contributed by atoms with E-state index in [1.54, 1.807) is 0 Å². The van der Waals surface area contributed by atoms with Crippen LogP contribution >= 0.6 is 0 Å². The minimum Gasteiger partial charge on any atom is -0.377 e. The lowest BCUT2D eigenvalue weighted by Crippen LogP contribution is -2.49. The zero-order chi connectivity index (χ0) is 21.4. The molecule has 3 aliphatic rings. The molecule has 1 aromatic heterocycles. The second-order valence-corrected chi connectivity index (χ2v) is 9.08. The molecule has 9 heteroatoms. The molecule has 2 aliphatic heterocycles. The minimum atomic E-state index is 0.240. The number of amides is 1. The Kier molecular flexibility index (Phi) is 5.13. The number of ether oxygens (including phenoxy) is 1. The van der Waals surface area contributed by atoms with Crippen LogP contribution in [0.1, 0.15) is 31.7 Å². The molecular weight excluding hydrogens is 396 g/mol. The van der Waals surface area contributed by atoms with Crippen LogP contribution < -0.4 is 10.2 Å². The zero-order valence-electron chi connectivity index (χ0n) is 17.8. The molecule has 1 amide bonds. The lowest BCUT2D eigenvalue weighted by Gasteiger charge is -2.34. The molecule has 0 spiro atoms. The molecule has 31 heavy (non-hydrogen) atoms. The molecular formula is C22H28N6O3. The van der Waals surface area contributed by atoms with Gasteiger partial charge in [0.05, 0.1) is 19.3 Å². The van der Waals surface area contributed by atoms with Crippen molar-refractivity contribution in [1.29, 1.82) is 5.41 Å². The number of rotatable bonds is 7. The maximum absolute atomic E-state index is 12.5. The number of nitrogens with one attached hydrogen (secondary N) is 2. The van der Waals surface area contributed by atoms with Crippen molar-refractivity contribution in [3.05, 3.63) is 23.8 Å². The first-order valence-electron chi connectivity index (χ1n) is 10.9. The molecule has 2 N–H and O–H groups in total. The van der Waals surface area contributed by atoms with Gasteiger partial charge in [-0.2, -0.15) is 4.98 Å². The summed E-state index contributed by atoms with van der Waals surface area (Å²) in [4.78, 5) is 21.1. The van der Waals surface area contributed by atoms with Gasteiger partial charge in [-0.15, -0.1) is 0 Å². The van der Waals surface area contributed by atoms with Crippen molar-refractivity contribution in [2.45, 2.75) is 32.2 Å². The maximum Gasteiger partial charge on any atom is 0.266 e. The average Bonchev–Trinajstić information content (AvgIpc) is 3.27. The molecule has 9 nitrogen and oxygen atoms in total. The number of aromatic nitrogens is 2. The number of benzene rings is 1. The Morgan fingerprint density at radius 2 is 2.06 bits per heavy atom. The zero-order valence-corrected chi connectivity index (χ0v) is 17.8. The summed E-state index contributed by atoms with van der Waals surface area (Å²) < 4.78 is 10.8. The summed E-state index contributed by atoms with van der Waals surface area (Å²) in [6, 6.07) is 5.95. The van der Waals surface area contributed by atoms with Crippen LogP contribution in [-0.4, -0.2) is 72.6 Å². The fourth-order valence-corrected chi connectivity index (χ4v) is 3.96. The second-order valence-electron chi connectivity index (χ2n) is 9.08. The molecule has 0 radical (unpaired) electrons. The molecule has 0 atom stereocenters. The van der Waals surface area contributed by atoms with E-state index in [0.29, 0.717) is 57.7 Å². The smallest absolute Gasteiger partial charge is 0.266 e. The number of hydrogen-bond acceptors (Lipinski definition) is 8. The van der Waals surface area contributed by atoms with Crippen molar-refractivity contribution < 1.29 is 14.1 Å². The van der Waals surface area contributed by atoms with Gasteiger partial charge in [-0.25, -0.2) is 0 Å². The van der Waals surface area contributed by atoms with Crippen molar-refractivity contribution in [3.63, 3.8) is 0 Å². The van der Waals surface area contributed by atoms with Gasteiger partial charge in [-0.1, -0.05) is 13.0 Å². The van der Waals surface area contributed by atoms with Crippen molar-refractivity contribution in [3.8, 4) is 11.5 Å². The van der Waals surface area contributed by atoms with Gasteiger partial charge in [0.2, 0.25) is 5.91 Å². The van der Waals surface area contributed by atoms with E-state index in [4.69, 9.17) is 14.7 Å². The van der Waals surface area contributed by atoms with Crippen LogP contribution in [0.3, 0.4) is 0 Å². The normalized spacial score (nSPS) is 20.3. The molecule has 164 valence electrons.